The summed E-state index contributed by atoms with van der Waals surface area (Å²) in [5.74, 6) is 1.79. The first-order valence-corrected chi connectivity index (χ1v) is 10.3. The topological polar surface area (TPSA) is 45.7 Å². The van der Waals surface area contributed by atoms with Crippen LogP contribution in [0.3, 0.4) is 0 Å². The maximum Gasteiger partial charge on any atom is 0.222 e. The lowest BCUT2D eigenvalue weighted by molar-refractivity contribution is -0.141. The van der Waals surface area contributed by atoms with Crippen LogP contribution in [0.1, 0.15) is 30.5 Å². The van der Waals surface area contributed by atoms with Crippen LogP contribution >= 0.6 is 0 Å². The summed E-state index contributed by atoms with van der Waals surface area (Å²) in [6.07, 6.45) is 5.44. The molecular formula is C23H29N3O2. The molecule has 3 heterocycles. The van der Waals surface area contributed by atoms with E-state index in [2.05, 4.69) is 26.9 Å². The van der Waals surface area contributed by atoms with Crippen LogP contribution in [0.5, 0.6) is 5.75 Å². The van der Waals surface area contributed by atoms with Crippen molar-refractivity contribution in [3.63, 3.8) is 0 Å². The minimum atomic E-state index is 0.314. The van der Waals surface area contributed by atoms with Gasteiger partial charge in [-0.2, -0.15) is 0 Å². The summed E-state index contributed by atoms with van der Waals surface area (Å²) in [7, 11) is 1.71. The first-order chi connectivity index (χ1) is 13.7. The predicted octanol–water partition coefficient (Wildman–Crippen LogP) is 3.15. The molecule has 2 fully saturated rings. The van der Waals surface area contributed by atoms with E-state index in [0.29, 0.717) is 24.3 Å². The Hall–Kier alpha value is -2.40. The van der Waals surface area contributed by atoms with Crippen LogP contribution in [0, 0.1) is 5.92 Å². The number of hydrogen-bond acceptors (Lipinski definition) is 4. The van der Waals surface area contributed by atoms with Crippen LogP contribution in [0.2, 0.25) is 0 Å². The Labute approximate surface area is 167 Å². The Kier molecular flexibility index (Phi) is 5.91. The number of carbonyl (C=O) groups excluding carboxylic acids is 1. The molecule has 2 aliphatic heterocycles. The van der Waals surface area contributed by atoms with Gasteiger partial charge in [-0.15, -0.1) is 0 Å². The van der Waals surface area contributed by atoms with E-state index >= 15 is 0 Å². The van der Waals surface area contributed by atoms with Crippen molar-refractivity contribution in [2.24, 2.45) is 5.92 Å². The van der Waals surface area contributed by atoms with E-state index in [1.807, 2.05) is 36.5 Å². The lowest BCUT2D eigenvalue weighted by Crippen LogP contribution is -2.56. The Bertz CT molecular complexity index is 795. The number of amides is 1. The molecule has 2 atom stereocenters. The Balaban J connectivity index is 1.39. The van der Waals surface area contributed by atoms with E-state index in [1.54, 1.807) is 7.11 Å². The number of aromatic nitrogens is 1. The summed E-state index contributed by atoms with van der Waals surface area (Å²) in [6, 6.07) is 14.6. The highest BCUT2D eigenvalue weighted by molar-refractivity contribution is 5.77. The molecule has 2 saturated heterocycles. The Morgan fingerprint density at radius 1 is 1.14 bits per heavy atom. The third kappa shape index (κ3) is 4.20. The largest absolute Gasteiger partial charge is 0.496 e. The van der Waals surface area contributed by atoms with E-state index in [1.165, 1.54) is 5.56 Å². The van der Waals surface area contributed by atoms with Crippen molar-refractivity contribution in [3.8, 4) is 5.75 Å². The summed E-state index contributed by atoms with van der Waals surface area (Å²) in [4.78, 5) is 21.8. The lowest BCUT2D eigenvalue weighted by atomic mass is 9.83. The second-order valence-corrected chi connectivity index (χ2v) is 7.86. The molecule has 5 nitrogen and oxygen atoms in total. The van der Waals surface area contributed by atoms with Gasteiger partial charge in [0, 0.05) is 44.8 Å². The van der Waals surface area contributed by atoms with Gasteiger partial charge in [-0.25, -0.2) is 0 Å². The molecule has 1 amide bonds. The predicted molar refractivity (Wildman–Crippen MR) is 109 cm³/mol. The first kappa shape index (κ1) is 18.9. The molecule has 0 saturated carbocycles. The van der Waals surface area contributed by atoms with Crippen molar-refractivity contribution in [2.45, 2.75) is 38.3 Å². The van der Waals surface area contributed by atoms with Gasteiger partial charge in [0.2, 0.25) is 5.91 Å². The van der Waals surface area contributed by atoms with Crippen LogP contribution in [-0.4, -0.2) is 53.5 Å². The van der Waals surface area contributed by atoms with E-state index in [0.717, 1.165) is 56.9 Å². The average molecular weight is 380 g/mol. The van der Waals surface area contributed by atoms with Gasteiger partial charge in [0.05, 0.1) is 12.8 Å². The van der Waals surface area contributed by atoms with Gasteiger partial charge in [0.25, 0.3) is 0 Å². The third-order valence-corrected chi connectivity index (χ3v) is 6.15. The zero-order valence-electron chi connectivity index (χ0n) is 16.6. The van der Waals surface area contributed by atoms with Crippen LogP contribution in [-0.2, 0) is 17.8 Å². The number of benzene rings is 1. The molecule has 0 spiro atoms. The van der Waals surface area contributed by atoms with Gasteiger partial charge in [-0.1, -0.05) is 24.3 Å². The highest BCUT2D eigenvalue weighted by Gasteiger charge is 2.39. The number of hydrogen-bond donors (Lipinski definition) is 0. The van der Waals surface area contributed by atoms with Crippen molar-refractivity contribution < 1.29 is 9.53 Å². The molecule has 2 aliphatic rings. The zero-order valence-corrected chi connectivity index (χ0v) is 16.6. The standard InChI is InChI=1S/C23H29N3O2/c1-28-22-8-3-2-6-18(22)11-15-26-21-12-14-25(16-19(21)9-10-23(26)27)17-20-7-4-5-13-24-20/h2-8,13,19,21H,9-12,14-17H2,1H3/t19-,21+/m1/s1. The van der Waals surface area contributed by atoms with Crippen molar-refractivity contribution in [1.82, 2.24) is 14.8 Å². The molecule has 148 valence electrons. The number of ether oxygens (including phenoxy) is 1. The van der Waals surface area contributed by atoms with E-state index in [9.17, 15) is 4.79 Å². The minimum absolute atomic E-state index is 0.314. The second kappa shape index (κ2) is 8.74. The molecular weight excluding hydrogens is 350 g/mol. The monoisotopic (exact) mass is 379 g/mol. The molecule has 1 aromatic carbocycles. The van der Waals surface area contributed by atoms with Gasteiger partial charge in [0.1, 0.15) is 5.75 Å². The van der Waals surface area contributed by atoms with Crippen molar-refractivity contribution in [3.05, 3.63) is 59.9 Å². The molecule has 0 aliphatic carbocycles. The normalized spacial score (nSPS) is 22.8. The number of nitrogens with zero attached hydrogens (tertiary/aromatic N) is 3. The number of pyridine rings is 1. The van der Waals surface area contributed by atoms with Gasteiger partial charge < -0.3 is 9.64 Å². The molecule has 1 aromatic heterocycles. The molecule has 0 N–H and O–H groups in total. The van der Waals surface area contributed by atoms with Gasteiger partial charge in [0.15, 0.2) is 0 Å². The van der Waals surface area contributed by atoms with Crippen LogP contribution in [0.15, 0.2) is 48.7 Å². The number of carbonyl (C=O) groups is 1. The molecule has 28 heavy (non-hydrogen) atoms. The maximum atomic E-state index is 12.7. The van der Waals surface area contributed by atoms with Crippen molar-refractivity contribution in [2.75, 3.05) is 26.7 Å². The van der Waals surface area contributed by atoms with Gasteiger partial charge in [-0.3, -0.25) is 14.7 Å². The van der Waals surface area contributed by atoms with Crippen LogP contribution in [0.25, 0.3) is 0 Å². The number of rotatable bonds is 6. The summed E-state index contributed by atoms with van der Waals surface area (Å²) < 4.78 is 5.47. The highest BCUT2D eigenvalue weighted by Crippen LogP contribution is 2.32. The average Bonchev–Trinajstić information content (AvgIpc) is 2.74. The SMILES string of the molecule is COc1ccccc1CCN1C(=O)CC[C@@H]2CN(Cc3ccccn3)CC[C@@H]21. The first-order valence-electron chi connectivity index (χ1n) is 10.3. The zero-order chi connectivity index (χ0) is 19.3. The second-order valence-electron chi connectivity index (χ2n) is 7.86. The van der Waals surface area contributed by atoms with Gasteiger partial charge in [-0.05, 0) is 48.9 Å². The Morgan fingerprint density at radius 3 is 2.82 bits per heavy atom. The number of methoxy groups -OCH3 is 1. The highest BCUT2D eigenvalue weighted by atomic mass is 16.5. The lowest BCUT2D eigenvalue weighted by Gasteiger charge is -2.47. The molecule has 0 radical (unpaired) electrons. The summed E-state index contributed by atoms with van der Waals surface area (Å²) in [6.45, 7) is 3.76. The Morgan fingerprint density at radius 2 is 2.00 bits per heavy atom. The number of fused-ring (bicyclic) bond motifs is 1. The smallest absolute Gasteiger partial charge is 0.222 e. The molecule has 4 rings (SSSR count). The summed E-state index contributed by atoms with van der Waals surface area (Å²) >= 11 is 0. The quantitative estimate of drug-likeness (QED) is 0.774. The van der Waals surface area contributed by atoms with Crippen LogP contribution in [0.4, 0.5) is 0 Å². The molecule has 0 bridgehead atoms. The molecule has 5 heteroatoms. The van der Waals surface area contributed by atoms with E-state index in [-0.39, 0.29) is 0 Å². The fourth-order valence-corrected chi connectivity index (χ4v) is 4.73. The fourth-order valence-electron chi connectivity index (χ4n) is 4.73. The maximum absolute atomic E-state index is 12.7. The number of likely N-dealkylation sites (tertiary alicyclic amines) is 2. The van der Waals surface area contributed by atoms with Gasteiger partial charge >= 0.3 is 0 Å². The van der Waals surface area contributed by atoms with Crippen molar-refractivity contribution >= 4 is 5.91 Å². The molecule has 2 aromatic rings. The summed E-state index contributed by atoms with van der Waals surface area (Å²) in [5.41, 5.74) is 2.30. The summed E-state index contributed by atoms with van der Waals surface area (Å²) in [5, 5.41) is 0. The molecule has 0 unspecified atom stereocenters. The minimum Gasteiger partial charge on any atom is -0.496 e. The van der Waals surface area contributed by atoms with Crippen molar-refractivity contribution in [1.29, 1.82) is 0 Å². The van der Waals surface area contributed by atoms with E-state index in [4.69, 9.17) is 4.74 Å². The van der Waals surface area contributed by atoms with E-state index < -0.39 is 0 Å². The fraction of sp³-hybridized carbons (Fsp3) is 0.478. The third-order valence-electron chi connectivity index (χ3n) is 6.15. The van der Waals surface area contributed by atoms with Crippen LogP contribution < -0.4 is 4.74 Å². The number of piperidine rings is 2. The number of para-hydroxylation sites is 1.